The van der Waals surface area contributed by atoms with Crippen LogP contribution < -0.4 is 11.1 Å². The van der Waals surface area contributed by atoms with Gasteiger partial charge in [-0.25, -0.2) is 0 Å². The molecular weight excluding hydrogens is 226 g/mol. The first kappa shape index (κ1) is 15.3. The molecule has 3 N–H and O–H groups in total. The van der Waals surface area contributed by atoms with E-state index in [2.05, 4.69) is 38.0 Å². The third-order valence-corrected chi connectivity index (χ3v) is 3.35. The standard InChI is InChI=1S/C14H29N3O/c1-5-8-16-13(15)17-10-11-7-6-9-18-12(11)14(2,3)4/h11-12H,5-10H2,1-4H3,(H3,15,16,17). The lowest BCUT2D eigenvalue weighted by atomic mass is 9.78. The van der Waals surface area contributed by atoms with E-state index in [1.165, 1.54) is 6.42 Å². The zero-order valence-electron chi connectivity index (χ0n) is 12.3. The Hall–Kier alpha value is -0.770. The molecule has 0 spiro atoms. The second-order valence-electron chi connectivity index (χ2n) is 6.21. The number of nitrogens with one attached hydrogen (secondary N) is 1. The van der Waals surface area contributed by atoms with Crippen LogP contribution in [0.2, 0.25) is 0 Å². The van der Waals surface area contributed by atoms with Gasteiger partial charge in [-0.05, 0) is 24.7 Å². The summed E-state index contributed by atoms with van der Waals surface area (Å²) in [6.45, 7) is 11.4. The molecule has 1 aliphatic rings. The Morgan fingerprint density at radius 1 is 1.44 bits per heavy atom. The van der Waals surface area contributed by atoms with Gasteiger partial charge in [0.05, 0.1) is 6.10 Å². The molecule has 0 aromatic rings. The highest BCUT2D eigenvalue weighted by molar-refractivity contribution is 5.77. The predicted molar refractivity (Wildman–Crippen MR) is 76.7 cm³/mol. The summed E-state index contributed by atoms with van der Waals surface area (Å²) in [6, 6.07) is 0. The van der Waals surface area contributed by atoms with Gasteiger partial charge in [0.25, 0.3) is 0 Å². The van der Waals surface area contributed by atoms with Gasteiger partial charge < -0.3 is 15.8 Å². The molecule has 1 saturated heterocycles. The summed E-state index contributed by atoms with van der Waals surface area (Å²) in [6.07, 6.45) is 3.67. The zero-order valence-corrected chi connectivity index (χ0v) is 12.3. The lowest BCUT2D eigenvalue weighted by molar-refractivity contribution is -0.0823. The maximum absolute atomic E-state index is 5.94. The first-order valence-corrected chi connectivity index (χ1v) is 7.10. The number of nitrogens with zero attached hydrogens (tertiary/aromatic N) is 1. The van der Waals surface area contributed by atoms with Crippen LogP contribution in [-0.2, 0) is 4.74 Å². The maximum Gasteiger partial charge on any atom is 0.188 e. The maximum atomic E-state index is 5.94. The van der Waals surface area contributed by atoms with E-state index >= 15 is 0 Å². The second-order valence-corrected chi connectivity index (χ2v) is 6.21. The van der Waals surface area contributed by atoms with Crippen LogP contribution in [0.15, 0.2) is 4.99 Å². The summed E-state index contributed by atoms with van der Waals surface area (Å²) in [4.78, 5) is 4.45. The quantitative estimate of drug-likeness (QED) is 0.598. The predicted octanol–water partition coefficient (Wildman–Crippen LogP) is 2.14. The summed E-state index contributed by atoms with van der Waals surface area (Å²) in [7, 11) is 0. The third-order valence-electron chi connectivity index (χ3n) is 3.35. The monoisotopic (exact) mass is 255 g/mol. The van der Waals surface area contributed by atoms with Gasteiger partial charge in [0, 0.05) is 25.6 Å². The summed E-state index contributed by atoms with van der Waals surface area (Å²) in [5.74, 6) is 1.05. The second kappa shape index (κ2) is 6.98. The molecule has 18 heavy (non-hydrogen) atoms. The van der Waals surface area contributed by atoms with Gasteiger partial charge in [-0.1, -0.05) is 27.7 Å². The van der Waals surface area contributed by atoms with Crippen LogP contribution in [-0.4, -0.2) is 31.8 Å². The first-order valence-electron chi connectivity index (χ1n) is 7.10. The fourth-order valence-corrected chi connectivity index (χ4v) is 2.51. The van der Waals surface area contributed by atoms with Crippen LogP contribution >= 0.6 is 0 Å². The molecule has 0 saturated carbocycles. The summed E-state index contributed by atoms with van der Waals surface area (Å²) < 4.78 is 5.94. The molecule has 0 amide bonds. The van der Waals surface area contributed by atoms with Crippen LogP contribution in [0.5, 0.6) is 0 Å². The van der Waals surface area contributed by atoms with E-state index in [0.29, 0.717) is 11.9 Å². The number of hydrogen-bond acceptors (Lipinski definition) is 2. The normalized spacial score (nSPS) is 26.1. The molecule has 2 atom stereocenters. The number of rotatable bonds is 4. The third kappa shape index (κ3) is 4.84. The lowest BCUT2D eigenvalue weighted by Crippen LogP contribution is -2.42. The Bertz CT molecular complexity index is 271. The number of aliphatic imine (C=N–C) groups is 1. The van der Waals surface area contributed by atoms with Gasteiger partial charge in [-0.15, -0.1) is 0 Å². The van der Waals surface area contributed by atoms with Crippen LogP contribution in [0.4, 0.5) is 0 Å². The lowest BCUT2D eigenvalue weighted by Gasteiger charge is -2.39. The van der Waals surface area contributed by atoms with Gasteiger partial charge >= 0.3 is 0 Å². The number of hydrogen-bond donors (Lipinski definition) is 2. The Labute approximate surface area is 111 Å². The fourth-order valence-electron chi connectivity index (χ4n) is 2.51. The number of nitrogens with two attached hydrogens (primary N) is 1. The minimum Gasteiger partial charge on any atom is -0.377 e. The van der Waals surface area contributed by atoms with Crippen molar-refractivity contribution in [2.75, 3.05) is 19.7 Å². The van der Waals surface area contributed by atoms with Crippen molar-refractivity contribution in [3.63, 3.8) is 0 Å². The van der Waals surface area contributed by atoms with Crippen molar-refractivity contribution in [2.45, 2.75) is 53.1 Å². The van der Waals surface area contributed by atoms with E-state index in [0.717, 1.165) is 32.5 Å². The highest BCUT2D eigenvalue weighted by Gasteiger charge is 2.35. The van der Waals surface area contributed by atoms with Crippen molar-refractivity contribution in [1.29, 1.82) is 0 Å². The van der Waals surface area contributed by atoms with Gasteiger partial charge in [-0.2, -0.15) is 0 Å². The van der Waals surface area contributed by atoms with Gasteiger partial charge in [0.15, 0.2) is 5.96 Å². The number of ether oxygens (including phenoxy) is 1. The van der Waals surface area contributed by atoms with Crippen molar-refractivity contribution in [3.8, 4) is 0 Å². The number of guanidine groups is 1. The Kier molecular flexibility index (Phi) is 5.93. The molecule has 0 aromatic heterocycles. The molecule has 0 aromatic carbocycles. The van der Waals surface area contributed by atoms with Crippen LogP contribution in [0, 0.1) is 11.3 Å². The Balaban J connectivity index is 2.52. The van der Waals surface area contributed by atoms with E-state index in [1.54, 1.807) is 0 Å². The van der Waals surface area contributed by atoms with Crippen LogP contribution in [0.1, 0.15) is 47.0 Å². The van der Waals surface area contributed by atoms with Crippen LogP contribution in [0.3, 0.4) is 0 Å². The molecule has 0 bridgehead atoms. The highest BCUT2D eigenvalue weighted by Crippen LogP contribution is 2.34. The summed E-state index contributed by atoms with van der Waals surface area (Å²) in [5, 5.41) is 3.11. The van der Waals surface area contributed by atoms with Gasteiger partial charge in [0.2, 0.25) is 0 Å². The van der Waals surface area contributed by atoms with Crippen LogP contribution in [0.25, 0.3) is 0 Å². The SMILES string of the molecule is CCCNC(N)=NCC1CCCOC1C(C)(C)C. The Morgan fingerprint density at radius 3 is 2.78 bits per heavy atom. The van der Waals surface area contributed by atoms with Gasteiger partial charge in [0.1, 0.15) is 0 Å². The highest BCUT2D eigenvalue weighted by atomic mass is 16.5. The van der Waals surface area contributed by atoms with Crippen molar-refractivity contribution in [1.82, 2.24) is 5.32 Å². The smallest absolute Gasteiger partial charge is 0.188 e. The Morgan fingerprint density at radius 2 is 2.17 bits per heavy atom. The van der Waals surface area contributed by atoms with E-state index in [1.807, 2.05) is 0 Å². The van der Waals surface area contributed by atoms with E-state index in [9.17, 15) is 0 Å². The molecule has 1 rings (SSSR count). The van der Waals surface area contributed by atoms with Gasteiger partial charge in [-0.3, -0.25) is 4.99 Å². The molecule has 106 valence electrons. The molecule has 2 unspecified atom stereocenters. The molecule has 1 fully saturated rings. The van der Waals surface area contributed by atoms with Crippen molar-refractivity contribution in [3.05, 3.63) is 0 Å². The van der Waals surface area contributed by atoms with E-state index in [-0.39, 0.29) is 11.5 Å². The fraction of sp³-hybridized carbons (Fsp3) is 0.929. The molecule has 0 radical (unpaired) electrons. The minimum absolute atomic E-state index is 0.173. The van der Waals surface area contributed by atoms with Crippen molar-refractivity contribution >= 4 is 5.96 Å². The molecule has 4 heteroatoms. The van der Waals surface area contributed by atoms with Crippen molar-refractivity contribution < 1.29 is 4.74 Å². The van der Waals surface area contributed by atoms with E-state index in [4.69, 9.17) is 10.5 Å². The topological polar surface area (TPSA) is 59.6 Å². The first-order chi connectivity index (χ1) is 8.45. The minimum atomic E-state index is 0.173. The molecule has 4 nitrogen and oxygen atoms in total. The average Bonchev–Trinajstić information content (AvgIpc) is 2.33. The zero-order chi connectivity index (χ0) is 13.6. The molecule has 1 heterocycles. The van der Waals surface area contributed by atoms with E-state index < -0.39 is 0 Å². The molecular formula is C14H29N3O. The van der Waals surface area contributed by atoms with Crippen molar-refractivity contribution in [2.24, 2.45) is 22.1 Å². The summed E-state index contributed by atoms with van der Waals surface area (Å²) in [5.41, 5.74) is 6.00. The molecule has 1 aliphatic heterocycles. The largest absolute Gasteiger partial charge is 0.377 e. The average molecular weight is 255 g/mol. The molecule has 0 aliphatic carbocycles. The summed E-state index contributed by atoms with van der Waals surface area (Å²) >= 11 is 0.